The second kappa shape index (κ2) is 9.86. The summed E-state index contributed by atoms with van der Waals surface area (Å²) in [6, 6.07) is 0. The molecule has 1 N–H and O–H groups in total. The molecule has 0 unspecified atom stereocenters. The van der Waals surface area contributed by atoms with Crippen molar-refractivity contribution in [3.63, 3.8) is 0 Å². The van der Waals surface area contributed by atoms with Gasteiger partial charge in [0, 0.05) is 65.2 Å². The first-order valence-electron chi connectivity index (χ1n) is 10.3. The highest BCUT2D eigenvalue weighted by atomic mass is 16.5. The van der Waals surface area contributed by atoms with Crippen molar-refractivity contribution < 1.29 is 9.32 Å². The van der Waals surface area contributed by atoms with Crippen molar-refractivity contribution in [3.05, 3.63) is 11.7 Å². The fourth-order valence-corrected chi connectivity index (χ4v) is 3.59. The molecule has 28 heavy (non-hydrogen) atoms. The predicted octanol–water partition coefficient (Wildman–Crippen LogP) is 0.551. The minimum absolute atomic E-state index is 0.270. The average molecular weight is 392 g/mol. The number of amides is 1. The van der Waals surface area contributed by atoms with Gasteiger partial charge in [-0.15, -0.1) is 0 Å². The Morgan fingerprint density at radius 2 is 1.86 bits per heavy atom. The number of carbonyl (C=O) groups is 1. The minimum Gasteiger partial charge on any atom is -0.356 e. The van der Waals surface area contributed by atoms with E-state index in [1.807, 2.05) is 18.7 Å². The van der Waals surface area contributed by atoms with Crippen LogP contribution >= 0.6 is 0 Å². The third kappa shape index (κ3) is 5.43. The summed E-state index contributed by atoms with van der Waals surface area (Å²) in [5, 5.41) is 7.37. The Hall–Kier alpha value is -2.16. The molecule has 2 fully saturated rings. The molecule has 2 saturated heterocycles. The van der Waals surface area contributed by atoms with Gasteiger partial charge in [-0.3, -0.25) is 14.7 Å². The van der Waals surface area contributed by atoms with Crippen LogP contribution in [0.2, 0.25) is 0 Å². The van der Waals surface area contributed by atoms with E-state index in [-0.39, 0.29) is 11.8 Å². The molecule has 0 atom stereocenters. The van der Waals surface area contributed by atoms with Crippen LogP contribution in [0.3, 0.4) is 0 Å². The van der Waals surface area contributed by atoms with Crippen molar-refractivity contribution >= 4 is 11.9 Å². The van der Waals surface area contributed by atoms with Crippen LogP contribution < -0.4 is 5.32 Å². The molecule has 0 aromatic carbocycles. The van der Waals surface area contributed by atoms with Crippen LogP contribution in [0.25, 0.3) is 0 Å². The quantitative estimate of drug-likeness (QED) is 0.559. The Labute approximate surface area is 167 Å². The predicted molar refractivity (Wildman–Crippen MR) is 107 cm³/mol. The normalized spacial score (nSPS) is 18.9. The van der Waals surface area contributed by atoms with E-state index in [1.165, 1.54) is 0 Å². The third-order valence-corrected chi connectivity index (χ3v) is 5.32. The zero-order valence-corrected chi connectivity index (χ0v) is 17.4. The largest absolute Gasteiger partial charge is 0.356 e. The molecule has 3 heterocycles. The summed E-state index contributed by atoms with van der Waals surface area (Å²) in [5.41, 5.74) is 0. The number of nitrogens with one attached hydrogen (secondary N) is 1. The molecule has 9 nitrogen and oxygen atoms in total. The molecule has 156 valence electrons. The lowest BCUT2D eigenvalue weighted by atomic mass is 10.2. The monoisotopic (exact) mass is 391 g/mol. The number of rotatable bonds is 6. The van der Waals surface area contributed by atoms with E-state index >= 15 is 0 Å². The van der Waals surface area contributed by atoms with Gasteiger partial charge in [-0.25, -0.2) is 0 Å². The van der Waals surface area contributed by atoms with Gasteiger partial charge in [-0.2, -0.15) is 4.98 Å². The van der Waals surface area contributed by atoms with Crippen molar-refractivity contribution in [2.45, 2.75) is 39.0 Å². The van der Waals surface area contributed by atoms with E-state index in [0.717, 1.165) is 63.9 Å². The summed E-state index contributed by atoms with van der Waals surface area (Å²) in [7, 11) is 1.80. The topological polar surface area (TPSA) is 90.1 Å². The molecule has 1 amide bonds. The van der Waals surface area contributed by atoms with Crippen molar-refractivity contribution in [2.75, 3.05) is 59.4 Å². The Kier molecular flexibility index (Phi) is 7.24. The number of likely N-dealkylation sites (tertiary alicyclic amines) is 1. The van der Waals surface area contributed by atoms with E-state index in [2.05, 4.69) is 30.2 Å². The molecule has 0 saturated carbocycles. The molecule has 0 bridgehead atoms. The third-order valence-electron chi connectivity index (χ3n) is 5.32. The Bertz CT molecular complexity index is 659. The Morgan fingerprint density at radius 1 is 1.14 bits per heavy atom. The highest BCUT2D eigenvalue weighted by molar-refractivity contribution is 5.80. The fraction of sp³-hybridized carbons (Fsp3) is 0.789. The number of nitrogens with zero attached hydrogens (tertiary/aromatic N) is 6. The van der Waals surface area contributed by atoms with Crippen molar-refractivity contribution in [1.29, 1.82) is 0 Å². The van der Waals surface area contributed by atoms with E-state index in [4.69, 9.17) is 4.52 Å². The van der Waals surface area contributed by atoms with Gasteiger partial charge in [0.15, 0.2) is 11.8 Å². The van der Waals surface area contributed by atoms with Gasteiger partial charge >= 0.3 is 0 Å². The van der Waals surface area contributed by atoms with E-state index in [9.17, 15) is 4.79 Å². The highest BCUT2D eigenvalue weighted by Gasteiger charge is 2.24. The van der Waals surface area contributed by atoms with Gasteiger partial charge in [0.25, 0.3) is 0 Å². The molecule has 1 aromatic rings. The maximum atomic E-state index is 12.3. The first-order chi connectivity index (χ1) is 13.6. The summed E-state index contributed by atoms with van der Waals surface area (Å²) in [5.74, 6) is 2.82. The molecular formula is C19H33N7O2. The number of carbonyl (C=O) groups excluding carboxylic acids is 1. The molecule has 0 aliphatic carbocycles. The molecule has 9 heteroatoms. The molecular weight excluding hydrogens is 358 g/mol. The second-order valence-electron chi connectivity index (χ2n) is 7.78. The van der Waals surface area contributed by atoms with Crippen LogP contribution in [-0.2, 0) is 11.2 Å². The van der Waals surface area contributed by atoms with E-state index in [1.54, 1.807) is 7.05 Å². The summed E-state index contributed by atoms with van der Waals surface area (Å²) < 4.78 is 5.28. The van der Waals surface area contributed by atoms with Crippen molar-refractivity contribution in [1.82, 2.24) is 30.2 Å². The molecule has 2 aliphatic rings. The van der Waals surface area contributed by atoms with Gasteiger partial charge in [0.1, 0.15) is 0 Å². The van der Waals surface area contributed by atoms with Crippen LogP contribution in [0, 0.1) is 0 Å². The van der Waals surface area contributed by atoms with Gasteiger partial charge in [-0.1, -0.05) is 19.0 Å². The lowest BCUT2D eigenvalue weighted by molar-refractivity contribution is -0.131. The van der Waals surface area contributed by atoms with Crippen LogP contribution in [0.1, 0.15) is 44.3 Å². The highest BCUT2D eigenvalue weighted by Crippen LogP contribution is 2.11. The van der Waals surface area contributed by atoms with Crippen LogP contribution in [0.15, 0.2) is 9.52 Å². The zero-order chi connectivity index (χ0) is 19.9. The summed E-state index contributed by atoms with van der Waals surface area (Å²) in [4.78, 5) is 27.6. The Balaban J connectivity index is 1.38. The molecule has 1 aromatic heterocycles. The number of hydrogen-bond donors (Lipinski definition) is 1. The maximum absolute atomic E-state index is 12.3. The van der Waals surface area contributed by atoms with E-state index < -0.39 is 0 Å². The second-order valence-corrected chi connectivity index (χ2v) is 7.78. The minimum atomic E-state index is 0.270. The van der Waals surface area contributed by atoms with Gasteiger partial charge in [0.2, 0.25) is 11.8 Å². The lowest BCUT2D eigenvalue weighted by Gasteiger charge is -2.36. The summed E-state index contributed by atoms with van der Waals surface area (Å²) in [6.07, 6.45) is 2.96. The van der Waals surface area contributed by atoms with Gasteiger partial charge in [0.05, 0.1) is 6.54 Å². The number of hydrogen-bond acceptors (Lipinski definition) is 6. The first kappa shape index (κ1) is 20.6. The number of guanidine groups is 1. The molecule has 0 spiro atoms. The standard InChI is InChI=1S/C19H33N7O2/c1-15(2)18-22-16(28-23-18)6-7-21-19(20-3)26-12-10-24(11-13-26)14-17(27)25-8-4-5-9-25/h15H,4-14H2,1-3H3,(H,20,21). The van der Waals surface area contributed by atoms with Crippen molar-refractivity contribution in [2.24, 2.45) is 4.99 Å². The first-order valence-corrected chi connectivity index (χ1v) is 10.3. The van der Waals surface area contributed by atoms with Crippen LogP contribution in [0.4, 0.5) is 0 Å². The lowest BCUT2D eigenvalue weighted by Crippen LogP contribution is -2.54. The number of aromatic nitrogens is 2. The zero-order valence-electron chi connectivity index (χ0n) is 17.4. The SMILES string of the molecule is CN=C(NCCc1nc(C(C)C)no1)N1CCN(CC(=O)N2CCCC2)CC1. The molecule has 0 radical (unpaired) electrons. The van der Waals surface area contributed by atoms with Crippen molar-refractivity contribution in [3.8, 4) is 0 Å². The van der Waals surface area contributed by atoms with Gasteiger partial charge < -0.3 is 19.6 Å². The smallest absolute Gasteiger partial charge is 0.236 e. The van der Waals surface area contributed by atoms with Gasteiger partial charge in [-0.05, 0) is 12.8 Å². The average Bonchev–Trinajstić information content (AvgIpc) is 3.38. The number of aliphatic imine (C=N–C) groups is 1. The Morgan fingerprint density at radius 3 is 2.46 bits per heavy atom. The molecule has 2 aliphatic heterocycles. The van der Waals surface area contributed by atoms with E-state index in [0.29, 0.717) is 25.4 Å². The fourth-order valence-electron chi connectivity index (χ4n) is 3.59. The molecule has 3 rings (SSSR count). The maximum Gasteiger partial charge on any atom is 0.236 e. The number of piperazine rings is 1. The summed E-state index contributed by atoms with van der Waals surface area (Å²) in [6.45, 7) is 10.7. The summed E-state index contributed by atoms with van der Waals surface area (Å²) >= 11 is 0. The van der Waals surface area contributed by atoms with Crippen LogP contribution in [-0.4, -0.2) is 96.1 Å². The van der Waals surface area contributed by atoms with Crippen LogP contribution in [0.5, 0.6) is 0 Å².